The van der Waals surface area contributed by atoms with Crippen LogP contribution in [0, 0.1) is 0 Å². The van der Waals surface area contributed by atoms with Crippen LogP contribution in [0.5, 0.6) is 0 Å². The molecule has 8 heteroatoms. The number of likely N-dealkylation sites (N-methyl/N-ethyl adjacent to an activating group) is 1. The summed E-state index contributed by atoms with van der Waals surface area (Å²) in [4.78, 5) is 9.23. The van der Waals surface area contributed by atoms with Crippen LogP contribution in [0.2, 0.25) is 0 Å². The van der Waals surface area contributed by atoms with Crippen LogP contribution < -0.4 is 0 Å². The van der Waals surface area contributed by atoms with E-state index in [0.29, 0.717) is 6.04 Å². The lowest BCUT2D eigenvalue weighted by molar-refractivity contribution is 0.0869. The van der Waals surface area contributed by atoms with Gasteiger partial charge in [-0.2, -0.15) is 0 Å². The molecule has 4 heterocycles. The number of piperidine rings is 1. The Morgan fingerprint density at radius 2 is 2.10 bits per heavy atom. The fourth-order valence-electron chi connectivity index (χ4n) is 3.87. The molecule has 0 N–H and O–H groups in total. The monoisotopic (exact) mass is 412 g/mol. The molecule has 0 spiro atoms. The molecule has 154 valence electrons. The van der Waals surface area contributed by atoms with Crippen LogP contribution in [0.4, 0.5) is 0 Å². The molecule has 0 radical (unpaired) electrons. The molecule has 4 rings (SSSR count). The van der Waals surface area contributed by atoms with Gasteiger partial charge in [-0.05, 0) is 67.5 Å². The van der Waals surface area contributed by atoms with Crippen molar-refractivity contribution in [3.05, 3.63) is 54.3 Å². The van der Waals surface area contributed by atoms with Gasteiger partial charge in [0.05, 0.1) is 6.54 Å². The van der Waals surface area contributed by atoms with Crippen molar-refractivity contribution >= 4 is 11.8 Å². The molecular formula is C21H28N6OS. The van der Waals surface area contributed by atoms with E-state index in [4.69, 9.17) is 4.42 Å². The minimum Gasteiger partial charge on any atom is -0.453 e. The van der Waals surface area contributed by atoms with Crippen molar-refractivity contribution < 1.29 is 4.42 Å². The molecule has 3 aromatic heterocycles. The Morgan fingerprint density at radius 3 is 2.86 bits per heavy atom. The van der Waals surface area contributed by atoms with Gasteiger partial charge in [-0.25, -0.2) is 0 Å². The van der Waals surface area contributed by atoms with E-state index in [9.17, 15) is 0 Å². The van der Waals surface area contributed by atoms with Gasteiger partial charge in [0.25, 0.3) is 0 Å². The third-order valence-corrected chi connectivity index (χ3v) is 6.39. The lowest BCUT2D eigenvalue weighted by Gasteiger charge is -2.38. The highest BCUT2D eigenvalue weighted by atomic mass is 32.2. The van der Waals surface area contributed by atoms with Gasteiger partial charge in [-0.1, -0.05) is 6.92 Å². The van der Waals surface area contributed by atoms with Crippen molar-refractivity contribution in [1.29, 1.82) is 0 Å². The molecule has 0 amide bonds. The SMILES string of the molecule is CCN(Cc1ccncc1)C1CCCN(Cc2ccc(Sc3nncn3C)o2)C1. The van der Waals surface area contributed by atoms with Crippen LogP contribution >= 0.6 is 11.8 Å². The van der Waals surface area contributed by atoms with Crippen molar-refractivity contribution in [3.63, 3.8) is 0 Å². The molecular weight excluding hydrogens is 384 g/mol. The number of aryl methyl sites for hydroxylation is 1. The number of hydrogen-bond acceptors (Lipinski definition) is 7. The first-order valence-corrected chi connectivity index (χ1v) is 11.0. The van der Waals surface area contributed by atoms with Crippen molar-refractivity contribution in [2.45, 2.75) is 49.1 Å². The average Bonchev–Trinajstić information content (AvgIpc) is 3.36. The van der Waals surface area contributed by atoms with Crippen LogP contribution in [0.1, 0.15) is 31.1 Å². The molecule has 0 aromatic carbocycles. The Labute approximate surface area is 176 Å². The lowest BCUT2D eigenvalue weighted by Crippen LogP contribution is -2.47. The van der Waals surface area contributed by atoms with E-state index < -0.39 is 0 Å². The molecule has 1 atom stereocenters. The summed E-state index contributed by atoms with van der Waals surface area (Å²) in [5, 5.41) is 9.71. The Balaban J connectivity index is 1.34. The van der Waals surface area contributed by atoms with E-state index in [1.54, 1.807) is 6.33 Å². The number of furan rings is 1. The second-order valence-corrected chi connectivity index (χ2v) is 8.47. The number of pyridine rings is 1. The van der Waals surface area contributed by atoms with Gasteiger partial charge in [0, 0.05) is 38.6 Å². The molecule has 1 fully saturated rings. The first-order valence-electron chi connectivity index (χ1n) is 10.2. The van der Waals surface area contributed by atoms with Gasteiger partial charge >= 0.3 is 0 Å². The fraction of sp³-hybridized carbons (Fsp3) is 0.476. The van der Waals surface area contributed by atoms with Crippen molar-refractivity contribution in [2.75, 3.05) is 19.6 Å². The molecule has 0 saturated carbocycles. The van der Waals surface area contributed by atoms with Crippen molar-refractivity contribution in [1.82, 2.24) is 29.5 Å². The van der Waals surface area contributed by atoms with Crippen LogP contribution in [0.25, 0.3) is 0 Å². The fourth-order valence-corrected chi connectivity index (χ4v) is 4.61. The maximum atomic E-state index is 6.05. The van der Waals surface area contributed by atoms with E-state index in [0.717, 1.165) is 48.7 Å². The van der Waals surface area contributed by atoms with Crippen molar-refractivity contribution in [3.8, 4) is 0 Å². The molecule has 1 unspecified atom stereocenters. The van der Waals surface area contributed by atoms with Gasteiger partial charge < -0.3 is 8.98 Å². The van der Waals surface area contributed by atoms with Gasteiger partial charge in [-0.3, -0.25) is 14.8 Å². The second kappa shape index (κ2) is 9.56. The first-order chi connectivity index (χ1) is 14.2. The Bertz CT molecular complexity index is 895. The van der Waals surface area contributed by atoms with Gasteiger partial charge in [-0.15, -0.1) is 10.2 Å². The lowest BCUT2D eigenvalue weighted by atomic mass is 10.0. The predicted molar refractivity (Wildman–Crippen MR) is 112 cm³/mol. The highest BCUT2D eigenvalue weighted by Crippen LogP contribution is 2.28. The van der Waals surface area contributed by atoms with Crippen LogP contribution in [-0.4, -0.2) is 55.2 Å². The largest absolute Gasteiger partial charge is 0.453 e. The summed E-state index contributed by atoms with van der Waals surface area (Å²) in [7, 11) is 1.94. The maximum absolute atomic E-state index is 6.05. The van der Waals surface area contributed by atoms with Crippen molar-refractivity contribution in [2.24, 2.45) is 7.05 Å². The molecule has 1 aliphatic rings. The zero-order valence-corrected chi connectivity index (χ0v) is 17.9. The molecule has 0 aliphatic carbocycles. The first kappa shape index (κ1) is 20.1. The molecule has 0 bridgehead atoms. The summed E-state index contributed by atoms with van der Waals surface area (Å²) in [6.45, 7) is 7.34. The smallest absolute Gasteiger partial charge is 0.198 e. The van der Waals surface area contributed by atoms with Gasteiger partial charge in [0.1, 0.15) is 12.1 Å². The van der Waals surface area contributed by atoms with Gasteiger partial charge in [0.15, 0.2) is 10.2 Å². The quantitative estimate of drug-likeness (QED) is 0.561. The average molecular weight is 413 g/mol. The molecule has 1 aliphatic heterocycles. The number of nitrogens with zero attached hydrogens (tertiary/aromatic N) is 6. The Hall–Kier alpha value is -2.16. The van der Waals surface area contributed by atoms with E-state index in [2.05, 4.69) is 50.1 Å². The standard InChI is InChI=1S/C21H28N6OS/c1-3-27(13-17-8-10-22-11-9-17)18-5-4-12-26(14-18)15-19-6-7-20(28-19)29-21-24-23-16-25(21)2/h6-11,16,18H,3-5,12-15H2,1-2H3. The summed E-state index contributed by atoms with van der Waals surface area (Å²) in [5.74, 6) is 1.01. The third-order valence-electron chi connectivity index (χ3n) is 5.42. The van der Waals surface area contributed by atoms with Gasteiger partial charge in [0.2, 0.25) is 0 Å². The summed E-state index contributed by atoms with van der Waals surface area (Å²) in [6.07, 6.45) is 7.93. The summed E-state index contributed by atoms with van der Waals surface area (Å²) in [6, 6.07) is 8.91. The number of aromatic nitrogens is 4. The molecule has 7 nitrogen and oxygen atoms in total. The predicted octanol–water partition coefficient (Wildman–Crippen LogP) is 3.44. The summed E-state index contributed by atoms with van der Waals surface area (Å²) >= 11 is 1.50. The number of likely N-dealkylation sites (tertiary alicyclic amines) is 1. The highest BCUT2D eigenvalue weighted by Gasteiger charge is 2.25. The van der Waals surface area contributed by atoms with E-state index in [-0.39, 0.29) is 0 Å². The number of hydrogen-bond donors (Lipinski definition) is 0. The molecule has 1 saturated heterocycles. The molecule has 3 aromatic rings. The van der Waals surface area contributed by atoms with Crippen LogP contribution in [-0.2, 0) is 20.1 Å². The topological polar surface area (TPSA) is 63.2 Å². The minimum absolute atomic E-state index is 0.573. The summed E-state index contributed by atoms with van der Waals surface area (Å²) in [5.41, 5.74) is 1.33. The minimum atomic E-state index is 0.573. The Morgan fingerprint density at radius 1 is 1.24 bits per heavy atom. The zero-order valence-electron chi connectivity index (χ0n) is 17.1. The highest BCUT2D eigenvalue weighted by molar-refractivity contribution is 7.99. The van der Waals surface area contributed by atoms with E-state index in [1.165, 1.54) is 30.2 Å². The maximum Gasteiger partial charge on any atom is 0.198 e. The zero-order chi connectivity index (χ0) is 20.1. The van der Waals surface area contributed by atoms with Crippen LogP contribution in [0.15, 0.2) is 57.7 Å². The number of rotatable bonds is 8. The third kappa shape index (κ3) is 5.26. The van der Waals surface area contributed by atoms with E-state index >= 15 is 0 Å². The Kier molecular flexibility index (Phi) is 6.63. The normalized spacial score (nSPS) is 17.8. The molecule has 29 heavy (non-hydrogen) atoms. The van der Waals surface area contributed by atoms with E-state index in [1.807, 2.05) is 30.1 Å². The summed E-state index contributed by atoms with van der Waals surface area (Å²) < 4.78 is 7.95. The van der Waals surface area contributed by atoms with Crippen LogP contribution in [0.3, 0.4) is 0 Å². The second-order valence-electron chi connectivity index (χ2n) is 7.50.